The summed E-state index contributed by atoms with van der Waals surface area (Å²) in [5, 5.41) is 0. The molecule has 0 saturated carbocycles. The molecular weight excluding hydrogens is 316 g/mol. The Balaban J connectivity index is 2.81. The van der Waals surface area contributed by atoms with Crippen molar-refractivity contribution in [3.05, 3.63) is 23.0 Å². The van der Waals surface area contributed by atoms with Crippen molar-refractivity contribution in [1.29, 1.82) is 0 Å². The van der Waals surface area contributed by atoms with E-state index in [1.165, 1.54) is 26.7 Å². The maximum Gasteiger partial charge on any atom is 0.315 e. The molecule has 0 bridgehead atoms. The van der Waals surface area contributed by atoms with Crippen LogP contribution in [0.2, 0.25) is 0 Å². The summed E-state index contributed by atoms with van der Waals surface area (Å²) in [5.41, 5.74) is 1.43. The van der Waals surface area contributed by atoms with Gasteiger partial charge < -0.3 is 9.47 Å². The van der Waals surface area contributed by atoms with E-state index in [0.717, 1.165) is 17.9 Å². The summed E-state index contributed by atoms with van der Waals surface area (Å²) in [6, 6.07) is 0. The van der Waals surface area contributed by atoms with E-state index in [0.29, 0.717) is 23.2 Å². The minimum Gasteiger partial charge on any atom is -0.445 e. The lowest BCUT2D eigenvalue weighted by molar-refractivity contribution is -0.199. The molecule has 0 saturated heterocycles. The van der Waals surface area contributed by atoms with Crippen molar-refractivity contribution < 1.29 is 19.1 Å². The highest BCUT2D eigenvalue weighted by Crippen LogP contribution is 2.36. The van der Waals surface area contributed by atoms with E-state index in [1.54, 1.807) is 6.92 Å². The van der Waals surface area contributed by atoms with Crippen LogP contribution in [0.1, 0.15) is 74.7 Å². The molecule has 0 N–H and O–H groups in total. The zero-order chi connectivity index (χ0) is 19.4. The number of esters is 1. The molecule has 0 spiro atoms. The molecule has 1 unspecified atom stereocenters. The first-order chi connectivity index (χ1) is 11.5. The molecule has 4 nitrogen and oxygen atoms in total. The van der Waals surface area contributed by atoms with Crippen molar-refractivity contribution in [3.8, 4) is 0 Å². The monoisotopic (exact) mass is 350 g/mol. The van der Waals surface area contributed by atoms with Crippen LogP contribution >= 0.6 is 0 Å². The average molecular weight is 350 g/mol. The SMILES string of the molecule is CC[C@H](C)C[C@H](C)C[C@H](C)/C=C(\C)C1=C(C)C(=O)C(C)(OC(C)=O)O1. The van der Waals surface area contributed by atoms with Crippen LogP contribution in [-0.4, -0.2) is 17.5 Å². The van der Waals surface area contributed by atoms with Crippen molar-refractivity contribution in [2.75, 3.05) is 0 Å². The van der Waals surface area contributed by atoms with E-state index in [-0.39, 0.29) is 5.78 Å². The molecule has 0 aromatic rings. The van der Waals surface area contributed by atoms with E-state index in [2.05, 4.69) is 33.8 Å². The molecule has 0 aromatic heterocycles. The zero-order valence-corrected chi connectivity index (χ0v) is 17.1. The molecule has 0 fully saturated rings. The van der Waals surface area contributed by atoms with Gasteiger partial charge in [0, 0.05) is 19.4 Å². The molecule has 0 radical (unpaired) electrons. The molecule has 4 atom stereocenters. The minimum atomic E-state index is -1.53. The van der Waals surface area contributed by atoms with E-state index in [4.69, 9.17) is 9.47 Å². The molecule has 0 amide bonds. The first-order valence-electron chi connectivity index (χ1n) is 9.33. The van der Waals surface area contributed by atoms with E-state index in [1.807, 2.05) is 6.92 Å². The fourth-order valence-corrected chi connectivity index (χ4v) is 3.63. The Kier molecular flexibility index (Phi) is 7.45. The minimum absolute atomic E-state index is 0.289. The highest BCUT2D eigenvalue weighted by Gasteiger charge is 2.47. The van der Waals surface area contributed by atoms with Crippen molar-refractivity contribution in [3.63, 3.8) is 0 Å². The number of hydrogen-bond acceptors (Lipinski definition) is 4. The topological polar surface area (TPSA) is 52.6 Å². The van der Waals surface area contributed by atoms with Crippen LogP contribution < -0.4 is 0 Å². The lowest BCUT2D eigenvalue weighted by atomic mass is 9.88. The maximum atomic E-state index is 12.4. The quantitative estimate of drug-likeness (QED) is 0.566. The number of Topliss-reactive ketones (excluding diaryl/α,β-unsaturated/α-hetero) is 1. The largest absolute Gasteiger partial charge is 0.445 e. The van der Waals surface area contributed by atoms with Crippen LogP contribution in [0.25, 0.3) is 0 Å². The molecule has 1 aliphatic heterocycles. The van der Waals surface area contributed by atoms with Crippen LogP contribution in [0.5, 0.6) is 0 Å². The van der Waals surface area contributed by atoms with Crippen molar-refractivity contribution in [2.45, 2.75) is 80.4 Å². The second kappa shape index (κ2) is 8.68. The fourth-order valence-electron chi connectivity index (χ4n) is 3.63. The molecule has 1 aliphatic rings. The van der Waals surface area contributed by atoms with Gasteiger partial charge in [-0.1, -0.05) is 40.2 Å². The summed E-state index contributed by atoms with van der Waals surface area (Å²) < 4.78 is 10.9. The van der Waals surface area contributed by atoms with E-state index < -0.39 is 11.8 Å². The van der Waals surface area contributed by atoms with Crippen molar-refractivity contribution in [2.24, 2.45) is 17.8 Å². The smallest absolute Gasteiger partial charge is 0.315 e. The average Bonchev–Trinajstić information content (AvgIpc) is 2.70. The predicted molar refractivity (Wildman–Crippen MR) is 99.7 cm³/mol. The Morgan fingerprint density at radius 2 is 1.80 bits per heavy atom. The van der Waals surface area contributed by atoms with Crippen LogP contribution in [0.3, 0.4) is 0 Å². The van der Waals surface area contributed by atoms with Crippen LogP contribution in [-0.2, 0) is 19.1 Å². The van der Waals surface area contributed by atoms with Gasteiger partial charge in [-0.2, -0.15) is 0 Å². The van der Waals surface area contributed by atoms with Gasteiger partial charge in [0.2, 0.25) is 5.78 Å². The van der Waals surface area contributed by atoms with Crippen LogP contribution in [0, 0.1) is 17.8 Å². The Labute approximate surface area is 152 Å². The standard InChI is InChI=1S/C21H34O4/c1-9-13(2)10-14(3)11-15(4)12-16(5)19-17(6)20(23)21(8,25-19)24-18(7)22/h12-15H,9-11H2,1-8H3/b16-12+/t13-,14-,15-,21?/m0/s1. The molecule has 25 heavy (non-hydrogen) atoms. The molecule has 0 aliphatic carbocycles. The number of carbonyl (C=O) groups excluding carboxylic acids is 2. The first kappa shape index (κ1) is 21.5. The van der Waals surface area contributed by atoms with Gasteiger partial charge in [0.05, 0.1) is 0 Å². The van der Waals surface area contributed by atoms with Gasteiger partial charge in [0.1, 0.15) is 5.76 Å². The number of allylic oxidation sites excluding steroid dienone is 2. The summed E-state index contributed by atoms with van der Waals surface area (Å²) in [4.78, 5) is 23.7. The number of hydrogen-bond donors (Lipinski definition) is 0. The summed E-state index contributed by atoms with van der Waals surface area (Å²) in [6.45, 7) is 15.5. The molecule has 1 heterocycles. The lowest BCUT2D eigenvalue weighted by Gasteiger charge is -2.23. The molecule has 1 rings (SSSR count). The van der Waals surface area contributed by atoms with Crippen LogP contribution in [0.4, 0.5) is 0 Å². The van der Waals surface area contributed by atoms with Gasteiger partial charge in [-0.05, 0) is 50.0 Å². The van der Waals surface area contributed by atoms with Gasteiger partial charge in [0.15, 0.2) is 0 Å². The number of ketones is 1. The second-order valence-corrected chi connectivity index (χ2v) is 7.84. The second-order valence-electron chi connectivity index (χ2n) is 7.84. The summed E-state index contributed by atoms with van der Waals surface area (Å²) in [5.74, 6) is -0.0252. The predicted octanol–water partition coefficient (Wildman–Crippen LogP) is 5.18. The first-order valence-corrected chi connectivity index (χ1v) is 9.33. The summed E-state index contributed by atoms with van der Waals surface area (Å²) >= 11 is 0. The zero-order valence-electron chi connectivity index (χ0n) is 17.1. The van der Waals surface area contributed by atoms with Gasteiger partial charge >= 0.3 is 11.8 Å². The summed E-state index contributed by atoms with van der Waals surface area (Å²) in [7, 11) is 0. The van der Waals surface area contributed by atoms with Crippen molar-refractivity contribution >= 4 is 11.8 Å². The van der Waals surface area contributed by atoms with E-state index in [9.17, 15) is 9.59 Å². The fraction of sp³-hybridized carbons (Fsp3) is 0.714. The Morgan fingerprint density at radius 1 is 1.20 bits per heavy atom. The van der Waals surface area contributed by atoms with Gasteiger partial charge in [0.25, 0.3) is 0 Å². The van der Waals surface area contributed by atoms with Crippen molar-refractivity contribution in [1.82, 2.24) is 0 Å². The Hall–Kier alpha value is -1.58. The Morgan fingerprint density at radius 3 is 2.32 bits per heavy atom. The third-order valence-electron chi connectivity index (χ3n) is 4.90. The maximum absolute atomic E-state index is 12.4. The summed E-state index contributed by atoms with van der Waals surface area (Å²) in [6.07, 6.45) is 5.70. The molecular formula is C21H34O4. The molecule has 0 aromatic carbocycles. The lowest BCUT2D eigenvalue weighted by Crippen LogP contribution is -2.38. The Bertz CT molecular complexity index is 572. The number of ether oxygens (including phenoxy) is 2. The van der Waals surface area contributed by atoms with Gasteiger partial charge in [-0.3, -0.25) is 9.59 Å². The highest BCUT2D eigenvalue weighted by atomic mass is 16.7. The normalized spacial score (nSPS) is 24.8. The number of carbonyl (C=O) groups is 2. The highest BCUT2D eigenvalue weighted by molar-refractivity contribution is 6.04. The number of rotatable bonds is 8. The molecule has 142 valence electrons. The third kappa shape index (κ3) is 5.72. The van der Waals surface area contributed by atoms with Gasteiger partial charge in [-0.15, -0.1) is 0 Å². The van der Waals surface area contributed by atoms with E-state index >= 15 is 0 Å². The molecule has 4 heteroatoms. The third-order valence-corrected chi connectivity index (χ3v) is 4.90. The van der Waals surface area contributed by atoms with Crippen LogP contribution in [0.15, 0.2) is 23.0 Å². The van der Waals surface area contributed by atoms with Gasteiger partial charge in [-0.25, -0.2) is 0 Å².